The van der Waals surface area contributed by atoms with Crippen LogP contribution in [0, 0.1) is 0 Å². The van der Waals surface area contributed by atoms with E-state index in [0.29, 0.717) is 0 Å². The van der Waals surface area contributed by atoms with E-state index in [9.17, 15) is 0 Å². The Balaban J connectivity index is 0.000000132. The molecule has 1 aromatic carbocycles. The van der Waals surface area contributed by atoms with Crippen LogP contribution in [0.3, 0.4) is 0 Å². The predicted molar refractivity (Wildman–Crippen MR) is 105 cm³/mol. The third kappa shape index (κ3) is 2.88. The molecule has 4 heteroatoms. The molecule has 5 rings (SSSR count). The number of thiophene rings is 4. The van der Waals surface area contributed by atoms with Crippen molar-refractivity contribution in [1.82, 2.24) is 0 Å². The van der Waals surface area contributed by atoms with Crippen molar-refractivity contribution in [2.24, 2.45) is 0 Å². The zero-order chi connectivity index (χ0) is 14.8. The first-order valence-electron chi connectivity index (χ1n) is 6.83. The van der Waals surface area contributed by atoms with Gasteiger partial charge in [-0.1, -0.05) is 30.3 Å². The molecule has 0 saturated heterocycles. The van der Waals surface area contributed by atoms with Crippen molar-refractivity contribution in [1.29, 1.82) is 0 Å². The lowest BCUT2D eigenvalue weighted by molar-refractivity contribution is 1.70. The Kier molecular flexibility index (Phi) is 4.08. The predicted octanol–water partition coefficient (Wildman–Crippen LogP) is 7.59. The number of hydrogen-bond acceptors (Lipinski definition) is 4. The lowest BCUT2D eigenvalue weighted by Gasteiger charge is -1.93. The minimum atomic E-state index is 1.32. The zero-order valence-electron chi connectivity index (χ0n) is 11.6. The average molecular weight is 357 g/mol. The SMILES string of the molecule is c1cc2sccc2s1.c1ccc(-c2cc3sccc3s2)cc1. The zero-order valence-corrected chi connectivity index (χ0v) is 14.8. The lowest BCUT2D eigenvalue weighted by atomic mass is 10.2. The van der Waals surface area contributed by atoms with Crippen LogP contribution >= 0.6 is 45.3 Å². The maximum Gasteiger partial charge on any atom is 0.0457 e. The van der Waals surface area contributed by atoms with Gasteiger partial charge in [0.2, 0.25) is 0 Å². The molecule has 0 spiro atoms. The van der Waals surface area contributed by atoms with Crippen molar-refractivity contribution in [2.45, 2.75) is 0 Å². The summed E-state index contributed by atoms with van der Waals surface area (Å²) >= 11 is 7.29. The Morgan fingerprint density at radius 3 is 1.77 bits per heavy atom. The Hall–Kier alpha value is -1.46. The molecule has 0 aliphatic heterocycles. The topological polar surface area (TPSA) is 0 Å². The van der Waals surface area contributed by atoms with E-state index < -0.39 is 0 Å². The molecular weight excluding hydrogens is 344 g/mol. The van der Waals surface area contributed by atoms with Gasteiger partial charge < -0.3 is 0 Å². The third-order valence-corrected chi connectivity index (χ3v) is 7.31. The molecule has 0 bridgehead atoms. The average Bonchev–Trinajstić information content (AvgIpc) is 3.28. The van der Waals surface area contributed by atoms with Crippen LogP contribution < -0.4 is 0 Å². The summed E-state index contributed by atoms with van der Waals surface area (Å²) in [5, 5.41) is 6.40. The van der Waals surface area contributed by atoms with Crippen LogP contribution in [0.2, 0.25) is 0 Å². The highest BCUT2D eigenvalue weighted by molar-refractivity contribution is 7.28. The highest BCUT2D eigenvalue weighted by Gasteiger charge is 2.03. The summed E-state index contributed by atoms with van der Waals surface area (Å²) in [6.45, 7) is 0. The molecule has 0 fully saturated rings. The molecule has 0 saturated carbocycles. The van der Waals surface area contributed by atoms with Gasteiger partial charge in [-0.2, -0.15) is 0 Å². The monoisotopic (exact) mass is 356 g/mol. The standard InChI is InChI=1S/C12H8S2.C6H4S2/c1-2-4-9(5-3-1)11-8-12-10(14-11)6-7-13-12;1-3-7-6-2-4-8-5(1)6/h1-8H;1-4H. The summed E-state index contributed by atoms with van der Waals surface area (Å²) in [7, 11) is 0. The molecule has 0 unspecified atom stereocenters. The van der Waals surface area contributed by atoms with Crippen LogP contribution in [0.4, 0.5) is 0 Å². The van der Waals surface area contributed by atoms with Gasteiger partial charge in [-0.25, -0.2) is 0 Å². The molecular formula is C18H12S4. The van der Waals surface area contributed by atoms with Gasteiger partial charge in [0.1, 0.15) is 0 Å². The van der Waals surface area contributed by atoms with Gasteiger partial charge >= 0.3 is 0 Å². The van der Waals surface area contributed by atoms with E-state index in [-0.39, 0.29) is 0 Å². The van der Waals surface area contributed by atoms with E-state index in [2.05, 4.69) is 70.7 Å². The van der Waals surface area contributed by atoms with Gasteiger partial charge in [0, 0.05) is 23.7 Å². The second-order valence-electron chi connectivity index (χ2n) is 4.70. The highest BCUT2D eigenvalue weighted by atomic mass is 32.1. The van der Waals surface area contributed by atoms with Crippen LogP contribution in [0.1, 0.15) is 0 Å². The fourth-order valence-corrected chi connectivity index (χ4v) is 6.15. The quantitative estimate of drug-likeness (QED) is 0.290. The van der Waals surface area contributed by atoms with Crippen LogP contribution in [0.15, 0.2) is 70.7 Å². The first-order chi connectivity index (χ1) is 10.9. The fourth-order valence-electron chi connectivity index (χ4n) is 2.21. The first-order valence-corrected chi connectivity index (χ1v) is 10.3. The molecule has 0 N–H and O–H groups in total. The van der Waals surface area contributed by atoms with E-state index >= 15 is 0 Å². The molecule has 4 heterocycles. The molecule has 0 radical (unpaired) electrons. The van der Waals surface area contributed by atoms with Gasteiger partial charge in [0.05, 0.1) is 0 Å². The summed E-state index contributed by atoms with van der Waals surface area (Å²) < 4.78 is 5.62. The number of hydrogen-bond donors (Lipinski definition) is 0. The molecule has 0 atom stereocenters. The van der Waals surface area contributed by atoms with E-state index in [4.69, 9.17) is 0 Å². The maximum atomic E-state index is 2.28. The first kappa shape index (κ1) is 14.2. The van der Waals surface area contributed by atoms with E-state index in [1.54, 1.807) is 22.7 Å². The molecule has 0 aliphatic carbocycles. The van der Waals surface area contributed by atoms with Gasteiger partial charge in [-0.15, -0.1) is 45.3 Å². The van der Waals surface area contributed by atoms with Crippen molar-refractivity contribution in [3.05, 3.63) is 70.7 Å². The molecule has 22 heavy (non-hydrogen) atoms. The summed E-state index contributed by atoms with van der Waals surface area (Å²) in [5.74, 6) is 0. The van der Waals surface area contributed by atoms with Gasteiger partial charge in [0.15, 0.2) is 0 Å². The second-order valence-corrected chi connectivity index (χ2v) is 8.62. The minimum Gasteiger partial charge on any atom is -0.143 e. The largest absolute Gasteiger partial charge is 0.143 e. The fraction of sp³-hybridized carbons (Fsp3) is 0. The lowest BCUT2D eigenvalue weighted by Crippen LogP contribution is -1.67. The second kappa shape index (κ2) is 6.34. The summed E-state index contributed by atoms with van der Waals surface area (Å²) in [5.41, 5.74) is 1.32. The van der Waals surface area contributed by atoms with Crippen LogP contribution in [0.25, 0.3) is 29.2 Å². The van der Waals surface area contributed by atoms with E-state index in [1.807, 2.05) is 22.7 Å². The summed E-state index contributed by atoms with van der Waals surface area (Å²) in [6.07, 6.45) is 0. The summed E-state index contributed by atoms with van der Waals surface area (Å²) in [4.78, 5) is 1.37. The number of benzene rings is 1. The van der Waals surface area contributed by atoms with Crippen LogP contribution in [-0.4, -0.2) is 0 Å². The van der Waals surface area contributed by atoms with Crippen molar-refractivity contribution >= 4 is 64.1 Å². The number of fused-ring (bicyclic) bond motifs is 2. The summed E-state index contributed by atoms with van der Waals surface area (Å²) in [6, 6.07) is 19.3. The number of rotatable bonds is 1. The Bertz CT molecular complexity index is 902. The van der Waals surface area contributed by atoms with Gasteiger partial charge in [-0.05, 0) is 46.0 Å². The Morgan fingerprint density at radius 2 is 1.14 bits per heavy atom. The molecule has 5 aromatic rings. The van der Waals surface area contributed by atoms with E-state index in [1.165, 1.54) is 29.2 Å². The van der Waals surface area contributed by atoms with Crippen LogP contribution in [-0.2, 0) is 0 Å². The third-order valence-electron chi connectivity index (χ3n) is 3.27. The molecule has 108 valence electrons. The normalized spacial score (nSPS) is 10.7. The Labute approximate surface area is 144 Å². The maximum absolute atomic E-state index is 2.28. The van der Waals surface area contributed by atoms with E-state index in [0.717, 1.165) is 0 Å². The van der Waals surface area contributed by atoms with Crippen molar-refractivity contribution < 1.29 is 0 Å². The van der Waals surface area contributed by atoms with Crippen LogP contribution in [0.5, 0.6) is 0 Å². The van der Waals surface area contributed by atoms with Gasteiger partial charge in [0.25, 0.3) is 0 Å². The van der Waals surface area contributed by atoms with Crippen molar-refractivity contribution in [2.75, 3.05) is 0 Å². The molecule has 0 aliphatic rings. The van der Waals surface area contributed by atoms with Crippen molar-refractivity contribution in [3.63, 3.8) is 0 Å². The smallest absolute Gasteiger partial charge is 0.0457 e. The highest BCUT2D eigenvalue weighted by Crippen LogP contribution is 2.35. The molecule has 0 amide bonds. The van der Waals surface area contributed by atoms with Gasteiger partial charge in [-0.3, -0.25) is 0 Å². The minimum absolute atomic E-state index is 1.32. The Morgan fingerprint density at radius 1 is 0.545 bits per heavy atom. The van der Waals surface area contributed by atoms with Crippen molar-refractivity contribution in [3.8, 4) is 10.4 Å². The molecule has 4 aromatic heterocycles. The molecule has 0 nitrogen and oxygen atoms in total.